The summed E-state index contributed by atoms with van der Waals surface area (Å²) in [6.45, 7) is 0. The predicted molar refractivity (Wildman–Crippen MR) is 33.5 cm³/mol. The van der Waals surface area contributed by atoms with E-state index in [2.05, 4.69) is 0 Å². The first-order valence-electron chi connectivity index (χ1n) is 2.39. The molecule has 0 aromatic carbocycles. The summed E-state index contributed by atoms with van der Waals surface area (Å²) in [5.74, 6) is -2.47. The van der Waals surface area contributed by atoms with E-state index in [-0.39, 0.29) is 0 Å². The minimum Gasteiger partial charge on any atom is -0.501 e. The maximum atomic E-state index is 10.6. The van der Waals surface area contributed by atoms with Gasteiger partial charge in [0.15, 0.2) is 0 Å². The Morgan fingerprint density at radius 2 is 1.09 bits per heavy atom. The van der Waals surface area contributed by atoms with Crippen LogP contribution in [0.3, 0.4) is 0 Å². The second kappa shape index (κ2) is 1.82. The topological polar surface area (TPSA) is 115 Å². The normalized spacial score (nSPS) is 22.9. The molecule has 7 heteroatoms. The Kier molecular flexibility index (Phi) is 1.28. The van der Waals surface area contributed by atoms with E-state index in [1.54, 1.807) is 0 Å². The predicted octanol–water partition coefficient (Wildman–Crippen LogP) is -0.0150. The fraction of sp³-hybridized carbons (Fsp3) is 0. The first-order valence-corrected chi connectivity index (χ1v) is 3.87. The van der Waals surface area contributed by atoms with Crippen LogP contribution in [0.15, 0.2) is 21.7 Å². The van der Waals surface area contributed by atoms with Gasteiger partial charge in [-0.25, -0.2) is 8.42 Å². The molecule has 6 nitrogen and oxygen atoms in total. The van der Waals surface area contributed by atoms with Crippen molar-refractivity contribution in [2.75, 3.05) is 0 Å². The highest BCUT2D eigenvalue weighted by Gasteiger charge is 2.39. The van der Waals surface area contributed by atoms with Gasteiger partial charge in [-0.2, -0.15) is 0 Å². The molecule has 0 saturated heterocycles. The lowest BCUT2D eigenvalue weighted by atomic mass is 10.5. The largest absolute Gasteiger partial charge is 0.501 e. The van der Waals surface area contributed by atoms with E-state index in [9.17, 15) is 8.42 Å². The summed E-state index contributed by atoms with van der Waals surface area (Å²) >= 11 is 0. The van der Waals surface area contributed by atoms with Crippen LogP contribution in [0.25, 0.3) is 0 Å². The van der Waals surface area contributed by atoms with Crippen molar-refractivity contribution in [2.45, 2.75) is 0 Å². The number of rotatable bonds is 0. The van der Waals surface area contributed by atoms with Crippen molar-refractivity contribution in [3.05, 3.63) is 21.7 Å². The average Bonchev–Trinajstić information content (AvgIpc) is 2.06. The van der Waals surface area contributed by atoms with Crippen LogP contribution in [0.4, 0.5) is 0 Å². The lowest BCUT2D eigenvalue weighted by Crippen LogP contribution is -2.02. The van der Waals surface area contributed by atoms with Crippen molar-refractivity contribution in [1.82, 2.24) is 0 Å². The van der Waals surface area contributed by atoms with Crippen molar-refractivity contribution >= 4 is 9.84 Å². The van der Waals surface area contributed by atoms with Crippen LogP contribution in [0.2, 0.25) is 0 Å². The summed E-state index contributed by atoms with van der Waals surface area (Å²) in [6, 6.07) is 0. The summed E-state index contributed by atoms with van der Waals surface area (Å²) in [7, 11) is -4.43. The molecule has 1 heterocycles. The van der Waals surface area contributed by atoms with Gasteiger partial charge in [-0.05, 0) is 0 Å². The summed E-state index contributed by atoms with van der Waals surface area (Å²) in [5.41, 5.74) is 0. The monoisotopic (exact) mass is 180 g/mol. The summed E-state index contributed by atoms with van der Waals surface area (Å²) in [5, 5.41) is 31.3. The number of aliphatic hydroxyl groups is 4. The fourth-order valence-corrected chi connectivity index (χ4v) is 1.43. The van der Waals surface area contributed by atoms with Crippen molar-refractivity contribution in [3.8, 4) is 0 Å². The van der Waals surface area contributed by atoms with Gasteiger partial charge < -0.3 is 20.4 Å². The Balaban J connectivity index is 3.52. The molecule has 0 radical (unpaired) electrons. The minimum atomic E-state index is -4.43. The minimum absolute atomic E-state index is 1.23. The van der Waals surface area contributed by atoms with E-state index in [1.807, 2.05) is 0 Å². The first-order chi connectivity index (χ1) is 4.89. The van der Waals surface area contributed by atoms with Crippen LogP contribution >= 0.6 is 0 Å². The van der Waals surface area contributed by atoms with Crippen LogP contribution in [-0.2, 0) is 9.84 Å². The highest BCUT2D eigenvalue weighted by Crippen LogP contribution is 2.28. The van der Waals surface area contributed by atoms with Crippen LogP contribution < -0.4 is 0 Å². The molecule has 0 unspecified atom stereocenters. The molecule has 11 heavy (non-hydrogen) atoms. The van der Waals surface area contributed by atoms with E-state index in [0.717, 1.165) is 0 Å². The second-order valence-electron chi connectivity index (χ2n) is 1.81. The average molecular weight is 180 g/mol. The zero-order valence-corrected chi connectivity index (χ0v) is 5.83. The number of hydrogen-bond acceptors (Lipinski definition) is 6. The van der Waals surface area contributed by atoms with Gasteiger partial charge >= 0.3 is 0 Å². The van der Waals surface area contributed by atoms with Crippen LogP contribution in [-0.4, -0.2) is 28.8 Å². The SMILES string of the molecule is O=S1(=O)C(O)=C(O)C(O)=C1O. The molecule has 4 N–H and O–H groups in total. The third kappa shape index (κ3) is 0.741. The smallest absolute Gasteiger partial charge is 0.279 e. The van der Waals surface area contributed by atoms with Gasteiger partial charge in [-0.3, -0.25) is 0 Å². The fourth-order valence-electron chi connectivity index (χ4n) is 0.549. The van der Waals surface area contributed by atoms with Crippen molar-refractivity contribution in [2.24, 2.45) is 0 Å². The van der Waals surface area contributed by atoms with Gasteiger partial charge in [0.1, 0.15) is 0 Å². The number of aliphatic hydroxyl groups excluding tert-OH is 4. The number of sulfone groups is 1. The molecule has 1 aliphatic rings. The second-order valence-corrected chi connectivity index (χ2v) is 3.59. The van der Waals surface area contributed by atoms with E-state index in [4.69, 9.17) is 20.4 Å². The lowest BCUT2D eigenvalue weighted by Gasteiger charge is -1.91. The zero-order valence-electron chi connectivity index (χ0n) is 5.01. The molecular weight excluding hydrogens is 176 g/mol. The molecule has 0 atom stereocenters. The van der Waals surface area contributed by atoms with Gasteiger partial charge in [0.2, 0.25) is 11.5 Å². The molecule has 0 aromatic heterocycles. The Morgan fingerprint density at radius 1 is 0.818 bits per heavy atom. The molecule has 0 spiro atoms. The molecule has 62 valence electrons. The zero-order chi connectivity index (χ0) is 8.81. The van der Waals surface area contributed by atoms with E-state index in [1.165, 1.54) is 0 Å². The van der Waals surface area contributed by atoms with Crippen LogP contribution in [0.1, 0.15) is 0 Å². The molecule has 0 fully saturated rings. The Labute approximate surface area is 61.3 Å². The summed E-state index contributed by atoms with van der Waals surface area (Å²) in [6.07, 6.45) is 0. The Hall–Kier alpha value is -1.37. The molecule has 1 rings (SSSR count). The Bertz CT molecular complexity index is 328. The Morgan fingerprint density at radius 3 is 1.18 bits per heavy atom. The van der Waals surface area contributed by atoms with Gasteiger partial charge in [0, 0.05) is 0 Å². The highest BCUT2D eigenvalue weighted by molar-refractivity contribution is 7.98. The third-order valence-electron chi connectivity index (χ3n) is 1.14. The van der Waals surface area contributed by atoms with Gasteiger partial charge in [-0.1, -0.05) is 0 Å². The summed E-state index contributed by atoms with van der Waals surface area (Å²) < 4.78 is 21.2. The maximum Gasteiger partial charge on any atom is 0.279 e. The summed E-state index contributed by atoms with van der Waals surface area (Å²) in [4.78, 5) is 0. The first kappa shape index (κ1) is 7.73. The molecule has 0 amide bonds. The van der Waals surface area contributed by atoms with Gasteiger partial charge in [0.05, 0.1) is 0 Å². The van der Waals surface area contributed by atoms with Crippen molar-refractivity contribution < 1.29 is 28.8 Å². The molecule has 0 bridgehead atoms. The standard InChI is InChI=1S/C4H4O6S/c5-1-2(6)4(8)11(9,10)3(1)7/h5-8H. The molecule has 0 aliphatic carbocycles. The highest BCUT2D eigenvalue weighted by atomic mass is 32.2. The molecule has 0 saturated carbocycles. The van der Waals surface area contributed by atoms with E-state index >= 15 is 0 Å². The molecule has 0 aromatic rings. The van der Waals surface area contributed by atoms with Crippen molar-refractivity contribution in [1.29, 1.82) is 0 Å². The van der Waals surface area contributed by atoms with Gasteiger partial charge in [-0.15, -0.1) is 0 Å². The lowest BCUT2D eigenvalue weighted by molar-refractivity contribution is 0.287. The quantitative estimate of drug-likeness (QED) is 0.416. The van der Waals surface area contributed by atoms with Crippen LogP contribution in [0.5, 0.6) is 0 Å². The van der Waals surface area contributed by atoms with Crippen LogP contribution in [0, 0.1) is 0 Å². The van der Waals surface area contributed by atoms with Crippen molar-refractivity contribution in [3.63, 3.8) is 0 Å². The van der Waals surface area contributed by atoms with E-state index < -0.39 is 31.5 Å². The van der Waals surface area contributed by atoms with E-state index in [0.29, 0.717) is 0 Å². The third-order valence-corrected chi connectivity index (χ3v) is 2.54. The van der Waals surface area contributed by atoms with Gasteiger partial charge in [0.25, 0.3) is 20.0 Å². The molecular formula is C4H4O6S. The molecule has 1 aliphatic heterocycles. The number of hydrogen-bond donors (Lipinski definition) is 4. The maximum absolute atomic E-state index is 10.6.